The van der Waals surface area contributed by atoms with E-state index in [2.05, 4.69) is 15.7 Å². The summed E-state index contributed by atoms with van der Waals surface area (Å²) in [5.74, 6) is 0.0838. The maximum atomic E-state index is 13.5. The first-order chi connectivity index (χ1) is 22.6. The minimum Gasteiger partial charge on any atom is -0.493 e. The number of carbonyl (C=O) groups excluding carboxylic acids is 3. The van der Waals surface area contributed by atoms with Gasteiger partial charge in [0.2, 0.25) is 0 Å². The normalized spacial score (nSPS) is 12.6. The van der Waals surface area contributed by atoms with Crippen molar-refractivity contribution in [3.63, 3.8) is 0 Å². The topological polar surface area (TPSA) is 152 Å². The Hall–Kier alpha value is -6.04. The number of hydrogen-bond donors (Lipinski definition) is 2. The van der Waals surface area contributed by atoms with Gasteiger partial charge in [-0.3, -0.25) is 24.5 Å². The Bertz CT molecular complexity index is 1840. The lowest BCUT2D eigenvalue weighted by atomic mass is 10.0. The molecule has 240 valence electrons. The molecule has 0 atom stereocenters. The molecule has 0 bridgehead atoms. The van der Waals surface area contributed by atoms with E-state index in [1.165, 1.54) is 29.3 Å². The third kappa shape index (κ3) is 7.98. The molecule has 1 aliphatic heterocycles. The van der Waals surface area contributed by atoms with Crippen LogP contribution in [0, 0.1) is 10.1 Å². The summed E-state index contributed by atoms with van der Waals surface area (Å²) >= 11 is 0. The average Bonchev–Trinajstić information content (AvgIpc) is 3.08. The van der Waals surface area contributed by atoms with Crippen LogP contribution in [0.15, 0.2) is 96.1 Å². The second-order valence-corrected chi connectivity index (χ2v) is 11.0. The molecule has 1 heterocycles. The first kappa shape index (κ1) is 32.4. The van der Waals surface area contributed by atoms with Crippen molar-refractivity contribution in [2.75, 3.05) is 24.3 Å². The van der Waals surface area contributed by atoms with Gasteiger partial charge in [0.05, 0.1) is 23.8 Å². The van der Waals surface area contributed by atoms with Crippen molar-refractivity contribution >= 4 is 40.5 Å². The van der Waals surface area contributed by atoms with Crippen LogP contribution in [0.1, 0.15) is 63.3 Å². The SMILES string of the molecule is COc1ccc(C2=NN(C(=O)c3cccc(NC(=O)c4ccc(NC(=O)c5ccc([N+](=O)[O-])cc5)cc4)c3)CCC2)cc1OC(C)C. The quantitative estimate of drug-likeness (QED) is 0.148. The van der Waals surface area contributed by atoms with E-state index in [4.69, 9.17) is 9.47 Å². The second kappa shape index (κ2) is 14.4. The fraction of sp³-hybridized carbons (Fsp3) is 0.200. The molecule has 0 spiro atoms. The molecule has 3 amide bonds. The minimum absolute atomic E-state index is 0.0402. The number of amides is 3. The molecule has 0 unspecified atom stereocenters. The summed E-state index contributed by atoms with van der Waals surface area (Å²) in [6.45, 7) is 4.33. The summed E-state index contributed by atoms with van der Waals surface area (Å²) in [6, 6.07) is 23.7. The Labute approximate surface area is 271 Å². The van der Waals surface area contributed by atoms with Gasteiger partial charge < -0.3 is 20.1 Å². The molecule has 12 heteroatoms. The summed E-state index contributed by atoms with van der Waals surface area (Å²) in [5, 5.41) is 22.4. The lowest BCUT2D eigenvalue weighted by molar-refractivity contribution is -0.384. The van der Waals surface area contributed by atoms with Crippen molar-refractivity contribution in [2.24, 2.45) is 5.10 Å². The van der Waals surface area contributed by atoms with Crippen LogP contribution in [0.25, 0.3) is 0 Å². The number of benzene rings is 4. The molecular formula is C35H33N5O7. The molecule has 12 nitrogen and oxygen atoms in total. The van der Waals surface area contributed by atoms with Crippen molar-refractivity contribution in [3.05, 3.63) is 123 Å². The number of methoxy groups -OCH3 is 1. The Kier molecular flexibility index (Phi) is 9.90. The van der Waals surface area contributed by atoms with Crippen molar-refractivity contribution in [2.45, 2.75) is 32.8 Å². The molecule has 4 aromatic rings. The predicted molar refractivity (Wildman–Crippen MR) is 177 cm³/mol. The third-order valence-electron chi connectivity index (χ3n) is 7.23. The second-order valence-electron chi connectivity index (χ2n) is 11.0. The average molecular weight is 636 g/mol. The number of nitrogens with one attached hydrogen (secondary N) is 2. The number of hydrogen-bond acceptors (Lipinski definition) is 8. The van der Waals surface area contributed by atoms with E-state index in [0.29, 0.717) is 47.0 Å². The van der Waals surface area contributed by atoms with E-state index < -0.39 is 16.7 Å². The van der Waals surface area contributed by atoms with Gasteiger partial charge in [-0.25, -0.2) is 5.01 Å². The fourth-order valence-electron chi connectivity index (χ4n) is 4.92. The summed E-state index contributed by atoms with van der Waals surface area (Å²) in [4.78, 5) is 49.3. The van der Waals surface area contributed by atoms with Gasteiger partial charge in [0.1, 0.15) is 0 Å². The molecule has 0 aliphatic carbocycles. The van der Waals surface area contributed by atoms with E-state index in [1.54, 1.807) is 55.6 Å². The Morgan fingerprint density at radius 3 is 2.13 bits per heavy atom. The Morgan fingerprint density at radius 2 is 1.49 bits per heavy atom. The maximum absolute atomic E-state index is 13.5. The number of nitro benzene ring substituents is 1. The van der Waals surface area contributed by atoms with Crippen LogP contribution in [0.2, 0.25) is 0 Å². The minimum atomic E-state index is -0.540. The molecule has 47 heavy (non-hydrogen) atoms. The van der Waals surface area contributed by atoms with E-state index in [1.807, 2.05) is 32.0 Å². The monoisotopic (exact) mass is 635 g/mol. The van der Waals surface area contributed by atoms with Gasteiger partial charge in [-0.2, -0.15) is 5.10 Å². The number of rotatable bonds is 10. The van der Waals surface area contributed by atoms with Crippen molar-refractivity contribution in [1.29, 1.82) is 0 Å². The highest BCUT2D eigenvalue weighted by Gasteiger charge is 2.22. The maximum Gasteiger partial charge on any atom is 0.274 e. The van der Waals surface area contributed by atoms with E-state index >= 15 is 0 Å². The first-order valence-corrected chi connectivity index (χ1v) is 14.9. The van der Waals surface area contributed by atoms with Crippen LogP contribution < -0.4 is 20.1 Å². The lowest BCUT2D eigenvalue weighted by Crippen LogP contribution is -2.32. The highest BCUT2D eigenvalue weighted by atomic mass is 16.6. The van der Waals surface area contributed by atoms with Crippen LogP contribution in [0.5, 0.6) is 11.5 Å². The molecule has 2 N–H and O–H groups in total. The number of nitrogens with zero attached hydrogens (tertiary/aromatic N) is 3. The van der Waals surface area contributed by atoms with Gasteiger partial charge in [-0.05, 0) is 99.5 Å². The van der Waals surface area contributed by atoms with Gasteiger partial charge in [0, 0.05) is 52.3 Å². The summed E-state index contributed by atoms with van der Waals surface area (Å²) < 4.78 is 11.3. The van der Waals surface area contributed by atoms with Crippen LogP contribution in [-0.2, 0) is 0 Å². The number of ether oxygens (including phenoxy) is 2. The molecule has 0 aromatic heterocycles. The van der Waals surface area contributed by atoms with Crippen molar-refractivity contribution in [3.8, 4) is 11.5 Å². The predicted octanol–water partition coefficient (Wildman–Crippen LogP) is 6.54. The highest BCUT2D eigenvalue weighted by Crippen LogP contribution is 2.30. The Balaban J connectivity index is 1.23. The lowest BCUT2D eigenvalue weighted by Gasteiger charge is -2.24. The number of hydrazone groups is 1. The number of non-ortho nitro benzene ring substituents is 1. The third-order valence-corrected chi connectivity index (χ3v) is 7.23. The summed E-state index contributed by atoms with van der Waals surface area (Å²) in [7, 11) is 1.59. The number of anilines is 2. The van der Waals surface area contributed by atoms with Gasteiger partial charge >= 0.3 is 0 Å². The molecule has 0 saturated carbocycles. The zero-order valence-electron chi connectivity index (χ0n) is 26.1. The number of carbonyl (C=O) groups is 3. The molecule has 4 aromatic carbocycles. The zero-order valence-corrected chi connectivity index (χ0v) is 26.1. The van der Waals surface area contributed by atoms with E-state index in [9.17, 15) is 24.5 Å². The molecule has 0 fully saturated rings. The van der Waals surface area contributed by atoms with Gasteiger partial charge in [-0.1, -0.05) is 6.07 Å². The fourth-order valence-corrected chi connectivity index (χ4v) is 4.92. The summed E-state index contributed by atoms with van der Waals surface area (Å²) in [5.41, 5.74) is 3.33. The smallest absolute Gasteiger partial charge is 0.274 e. The van der Waals surface area contributed by atoms with E-state index in [-0.39, 0.29) is 23.3 Å². The van der Waals surface area contributed by atoms with E-state index in [0.717, 1.165) is 17.7 Å². The molecule has 5 rings (SSSR count). The first-order valence-electron chi connectivity index (χ1n) is 14.9. The molecule has 0 saturated heterocycles. The van der Waals surface area contributed by atoms with Crippen molar-refractivity contribution < 1.29 is 28.8 Å². The van der Waals surface area contributed by atoms with Crippen LogP contribution >= 0.6 is 0 Å². The molecule has 0 radical (unpaired) electrons. The summed E-state index contributed by atoms with van der Waals surface area (Å²) in [6.07, 6.45) is 1.39. The van der Waals surface area contributed by atoms with Gasteiger partial charge in [0.25, 0.3) is 23.4 Å². The van der Waals surface area contributed by atoms with Crippen LogP contribution in [-0.4, -0.2) is 53.1 Å². The largest absolute Gasteiger partial charge is 0.493 e. The molecule has 1 aliphatic rings. The van der Waals surface area contributed by atoms with Crippen LogP contribution in [0.4, 0.5) is 17.1 Å². The molecular weight excluding hydrogens is 602 g/mol. The van der Waals surface area contributed by atoms with Crippen LogP contribution in [0.3, 0.4) is 0 Å². The standard InChI is InChI=1S/C35H33N5O7/c1-22(2)47-32-21-25(13-18-31(32)46-3)30-8-5-19-39(38-30)35(43)26-6-4-7-28(20-26)37-34(42)23-9-14-27(15-10-23)36-33(41)24-11-16-29(17-12-24)40(44)45/h4,6-7,9-18,20-22H,5,8,19H2,1-3H3,(H,36,41)(H,37,42). The van der Waals surface area contributed by atoms with Gasteiger partial charge in [0.15, 0.2) is 11.5 Å². The van der Waals surface area contributed by atoms with Crippen molar-refractivity contribution in [1.82, 2.24) is 5.01 Å². The zero-order chi connectivity index (χ0) is 33.5. The Morgan fingerprint density at radius 1 is 0.830 bits per heavy atom. The number of nitro groups is 1. The highest BCUT2D eigenvalue weighted by molar-refractivity contribution is 6.07. The van der Waals surface area contributed by atoms with Gasteiger partial charge in [-0.15, -0.1) is 0 Å².